The molecule has 0 aliphatic heterocycles. The molecule has 0 bridgehead atoms. The highest BCUT2D eigenvalue weighted by molar-refractivity contribution is 5.07. The van der Waals surface area contributed by atoms with Crippen LogP contribution in [0.1, 0.15) is 19.0 Å². The summed E-state index contributed by atoms with van der Waals surface area (Å²) in [6, 6.07) is 5.96. The Kier molecular flexibility index (Phi) is 4.01. The molecule has 1 aromatic rings. The summed E-state index contributed by atoms with van der Waals surface area (Å²) < 4.78 is 0. The molecule has 2 heteroatoms. The average Bonchev–Trinajstić information content (AvgIpc) is 2.16. The van der Waals surface area contributed by atoms with Gasteiger partial charge in [0.25, 0.3) is 0 Å². The van der Waals surface area contributed by atoms with E-state index in [1.165, 1.54) is 0 Å². The van der Waals surface area contributed by atoms with Crippen LogP contribution in [0.4, 0.5) is 0 Å². The van der Waals surface area contributed by atoms with Crippen LogP contribution in [-0.2, 0) is 6.42 Å². The third kappa shape index (κ3) is 3.73. The molecule has 0 amide bonds. The first-order valence-electron chi connectivity index (χ1n) is 4.38. The zero-order valence-corrected chi connectivity index (χ0v) is 7.83. The van der Waals surface area contributed by atoms with Gasteiger partial charge in [0.1, 0.15) is 0 Å². The van der Waals surface area contributed by atoms with Gasteiger partial charge in [-0.1, -0.05) is 6.07 Å². The van der Waals surface area contributed by atoms with Crippen LogP contribution in [0.2, 0.25) is 0 Å². The minimum atomic E-state index is 0.0994. The van der Waals surface area contributed by atoms with Crippen LogP contribution in [0.25, 0.3) is 0 Å². The van der Waals surface area contributed by atoms with Gasteiger partial charge < -0.3 is 5.73 Å². The third-order valence-corrected chi connectivity index (χ3v) is 1.74. The van der Waals surface area contributed by atoms with Crippen molar-refractivity contribution < 1.29 is 0 Å². The Morgan fingerprint density at radius 2 is 2.38 bits per heavy atom. The average molecular weight is 174 g/mol. The molecule has 0 radical (unpaired) electrons. The van der Waals surface area contributed by atoms with E-state index < -0.39 is 0 Å². The fraction of sp³-hybridized carbons (Fsp3) is 0.364. The Morgan fingerprint density at radius 1 is 1.54 bits per heavy atom. The quantitative estimate of drug-likeness (QED) is 0.703. The monoisotopic (exact) mass is 174 g/mol. The normalized spacial score (nSPS) is 11.5. The summed E-state index contributed by atoms with van der Waals surface area (Å²) in [5, 5.41) is 0. The van der Waals surface area contributed by atoms with Crippen LogP contribution in [-0.4, -0.2) is 11.0 Å². The molecule has 0 saturated heterocycles. The highest BCUT2D eigenvalue weighted by Crippen LogP contribution is 1.99. The minimum Gasteiger partial charge on any atom is -0.326 e. The summed E-state index contributed by atoms with van der Waals surface area (Å²) >= 11 is 0. The number of aromatic nitrogens is 1. The molecular weight excluding hydrogens is 160 g/mol. The standard InChI is InChI=1S/C11H14N2/c1-2-3-6-10(12)9-11-7-4-5-8-13-11/h4-5,7-8,10H,6,9,12H2,1H3. The molecule has 0 aliphatic carbocycles. The number of nitrogens with zero attached hydrogens (tertiary/aromatic N) is 1. The fourth-order valence-corrected chi connectivity index (χ4v) is 1.09. The largest absolute Gasteiger partial charge is 0.326 e. The zero-order chi connectivity index (χ0) is 9.52. The molecule has 1 unspecified atom stereocenters. The molecule has 2 nitrogen and oxygen atoms in total. The molecule has 1 aromatic heterocycles. The minimum absolute atomic E-state index is 0.0994. The van der Waals surface area contributed by atoms with Gasteiger partial charge in [-0.25, -0.2) is 0 Å². The molecule has 1 rings (SSSR count). The first-order valence-corrected chi connectivity index (χ1v) is 4.38. The van der Waals surface area contributed by atoms with Crippen molar-refractivity contribution in [2.75, 3.05) is 0 Å². The van der Waals surface area contributed by atoms with Gasteiger partial charge in [-0.05, 0) is 19.1 Å². The molecular formula is C11H14N2. The van der Waals surface area contributed by atoms with Crippen LogP contribution in [0.3, 0.4) is 0 Å². The highest BCUT2D eigenvalue weighted by Gasteiger charge is 2.01. The van der Waals surface area contributed by atoms with Crippen molar-refractivity contribution in [1.29, 1.82) is 0 Å². The lowest BCUT2D eigenvalue weighted by Crippen LogP contribution is -2.22. The van der Waals surface area contributed by atoms with Gasteiger partial charge in [0.05, 0.1) is 0 Å². The van der Waals surface area contributed by atoms with Crippen molar-refractivity contribution >= 4 is 0 Å². The first kappa shape index (κ1) is 9.76. The smallest absolute Gasteiger partial charge is 0.0419 e. The maximum absolute atomic E-state index is 5.85. The first-order chi connectivity index (χ1) is 6.33. The fourth-order valence-electron chi connectivity index (χ4n) is 1.09. The van der Waals surface area contributed by atoms with E-state index in [0.29, 0.717) is 0 Å². The van der Waals surface area contributed by atoms with E-state index in [1.54, 1.807) is 6.20 Å². The summed E-state index contributed by atoms with van der Waals surface area (Å²) in [6.45, 7) is 1.83. The third-order valence-electron chi connectivity index (χ3n) is 1.74. The number of nitrogens with two attached hydrogens (primary N) is 1. The Morgan fingerprint density at radius 3 is 3.00 bits per heavy atom. The van der Waals surface area contributed by atoms with E-state index in [-0.39, 0.29) is 6.04 Å². The van der Waals surface area contributed by atoms with E-state index >= 15 is 0 Å². The molecule has 0 aliphatic rings. The lowest BCUT2D eigenvalue weighted by Gasteiger charge is -2.06. The Labute approximate surface area is 79.2 Å². The van der Waals surface area contributed by atoms with Gasteiger partial charge in [-0.2, -0.15) is 0 Å². The van der Waals surface area contributed by atoms with Crippen molar-refractivity contribution in [2.24, 2.45) is 5.73 Å². The second-order valence-electron chi connectivity index (χ2n) is 2.92. The van der Waals surface area contributed by atoms with Crippen LogP contribution in [0.15, 0.2) is 24.4 Å². The van der Waals surface area contributed by atoms with Crippen molar-refractivity contribution in [3.8, 4) is 11.8 Å². The molecule has 0 spiro atoms. The molecule has 13 heavy (non-hydrogen) atoms. The Bertz CT molecular complexity index is 295. The number of hydrogen-bond donors (Lipinski definition) is 1. The summed E-state index contributed by atoms with van der Waals surface area (Å²) in [6.07, 6.45) is 3.33. The highest BCUT2D eigenvalue weighted by atomic mass is 14.7. The molecule has 1 heterocycles. The lowest BCUT2D eigenvalue weighted by atomic mass is 10.1. The van der Waals surface area contributed by atoms with Crippen molar-refractivity contribution in [3.05, 3.63) is 30.1 Å². The van der Waals surface area contributed by atoms with Gasteiger partial charge in [-0.3, -0.25) is 4.98 Å². The summed E-state index contributed by atoms with van der Waals surface area (Å²) in [7, 11) is 0. The van der Waals surface area contributed by atoms with E-state index in [1.807, 2.05) is 25.1 Å². The van der Waals surface area contributed by atoms with Gasteiger partial charge in [0.15, 0.2) is 0 Å². The maximum atomic E-state index is 5.85. The van der Waals surface area contributed by atoms with Gasteiger partial charge >= 0.3 is 0 Å². The predicted octanol–water partition coefficient (Wildman–Crippen LogP) is 1.36. The van der Waals surface area contributed by atoms with Crippen molar-refractivity contribution in [2.45, 2.75) is 25.8 Å². The topological polar surface area (TPSA) is 38.9 Å². The summed E-state index contributed by atoms with van der Waals surface area (Å²) in [5.74, 6) is 5.80. The predicted molar refractivity (Wildman–Crippen MR) is 54.0 cm³/mol. The maximum Gasteiger partial charge on any atom is 0.0419 e. The Balaban J connectivity index is 2.44. The van der Waals surface area contributed by atoms with E-state index in [2.05, 4.69) is 16.8 Å². The van der Waals surface area contributed by atoms with Gasteiger partial charge in [-0.15, -0.1) is 11.8 Å². The van der Waals surface area contributed by atoms with Crippen LogP contribution < -0.4 is 5.73 Å². The van der Waals surface area contributed by atoms with Crippen LogP contribution in [0, 0.1) is 11.8 Å². The van der Waals surface area contributed by atoms with E-state index in [0.717, 1.165) is 18.5 Å². The molecule has 0 saturated carbocycles. The van der Waals surface area contributed by atoms with Crippen LogP contribution in [0.5, 0.6) is 0 Å². The van der Waals surface area contributed by atoms with Crippen molar-refractivity contribution in [3.63, 3.8) is 0 Å². The molecule has 2 N–H and O–H groups in total. The number of rotatable bonds is 3. The number of hydrogen-bond acceptors (Lipinski definition) is 2. The van der Waals surface area contributed by atoms with E-state index in [9.17, 15) is 0 Å². The SMILES string of the molecule is CC#CCC(N)Cc1ccccn1. The lowest BCUT2D eigenvalue weighted by molar-refractivity contribution is 0.676. The van der Waals surface area contributed by atoms with Crippen LogP contribution >= 0.6 is 0 Å². The Hall–Kier alpha value is -1.33. The number of pyridine rings is 1. The second kappa shape index (κ2) is 5.34. The van der Waals surface area contributed by atoms with E-state index in [4.69, 9.17) is 5.73 Å². The van der Waals surface area contributed by atoms with Gasteiger partial charge in [0.2, 0.25) is 0 Å². The second-order valence-corrected chi connectivity index (χ2v) is 2.92. The molecule has 0 fully saturated rings. The zero-order valence-electron chi connectivity index (χ0n) is 7.83. The molecule has 1 atom stereocenters. The molecule has 68 valence electrons. The van der Waals surface area contributed by atoms with Crippen molar-refractivity contribution in [1.82, 2.24) is 4.98 Å². The van der Waals surface area contributed by atoms with Gasteiger partial charge in [0, 0.05) is 30.8 Å². The summed E-state index contributed by atoms with van der Waals surface area (Å²) in [4.78, 5) is 4.20. The molecule has 0 aromatic carbocycles. The summed E-state index contributed by atoms with van der Waals surface area (Å²) in [5.41, 5.74) is 6.88.